The summed E-state index contributed by atoms with van der Waals surface area (Å²) < 4.78 is 0. The molecule has 0 heterocycles. The highest BCUT2D eigenvalue weighted by atomic mass is 14.8. The van der Waals surface area contributed by atoms with Crippen LogP contribution in [0.3, 0.4) is 0 Å². The summed E-state index contributed by atoms with van der Waals surface area (Å²) in [5.41, 5.74) is 3.35. The van der Waals surface area contributed by atoms with E-state index in [1.807, 2.05) is 0 Å². The number of rotatable bonds is 0. The third-order valence-electron chi connectivity index (χ3n) is 0.214. The first kappa shape index (κ1) is 4.26. The van der Waals surface area contributed by atoms with Gasteiger partial charge in [-0.2, -0.15) is 0 Å². The zero-order chi connectivity index (χ0) is 4.12. The minimum absolute atomic E-state index is 1.54. The predicted molar refractivity (Wildman–Crippen MR) is 20.9 cm³/mol. The van der Waals surface area contributed by atoms with Crippen molar-refractivity contribution in [3.05, 3.63) is 12.3 Å². The molecule has 0 aliphatic heterocycles. The van der Waals surface area contributed by atoms with Gasteiger partial charge in [-0.15, -0.1) is 6.42 Å². The van der Waals surface area contributed by atoms with Crippen LogP contribution in [0.15, 0.2) is 12.3 Å². The largest absolute Gasteiger partial charge is 0.331 e. The predicted octanol–water partition coefficient (Wildman–Crippen LogP) is -0.625. The van der Waals surface area contributed by atoms with Gasteiger partial charge in [0.2, 0.25) is 0 Å². The van der Waals surface area contributed by atoms with Gasteiger partial charge in [-0.25, -0.2) is 0 Å². The van der Waals surface area contributed by atoms with Crippen LogP contribution in [-0.4, -0.2) is 0 Å². The fraction of sp³-hybridized carbons (Fsp3) is 0. The standard InChI is InChI=1S/C4H5N/c1-2-3-4-5/h1,3-4H,5H2/p+1/b4-3+/i1+1,2+1,3+1,4+1. The molecule has 0 aromatic carbocycles. The Bertz CT molecular complexity index is 66.2. The van der Waals surface area contributed by atoms with Crippen molar-refractivity contribution < 1.29 is 5.73 Å². The van der Waals surface area contributed by atoms with E-state index in [-0.39, 0.29) is 0 Å². The zero-order valence-corrected chi connectivity index (χ0v) is 2.94. The molecule has 3 N–H and O–H groups in total. The Morgan fingerprint density at radius 1 is 1.80 bits per heavy atom. The summed E-state index contributed by atoms with van der Waals surface area (Å²) in [7, 11) is 0. The molecule has 0 saturated heterocycles. The van der Waals surface area contributed by atoms with E-state index in [2.05, 4.69) is 11.7 Å². The normalized spacial score (nSPS) is 8.00. The van der Waals surface area contributed by atoms with E-state index in [0.29, 0.717) is 0 Å². The first-order valence-electron chi connectivity index (χ1n) is 1.32. The van der Waals surface area contributed by atoms with Gasteiger partial charge in [0.25, 0.3) is 0 Å². The molecule has 0 bridgehead atoms. The fourth-order valence-electron chi connectivity index (χ4n) is 0.0680. The van der Waals surface area contributed by atoms with Crippen molar-refractivity contribution in [2.24, 2.45) is 0 Å². The SMILES string of the molecule is [13CH]#[13C]/[13CH]=[13CH]/[NH3+]. The Kier molecular flexibility index (Phi) is 2.78. The lowest BCUT2D eigenvalue weighted by Gasteiger charge is -1.49. The highest BCUT2D eigenvalue weighted by Gasteiger charge is 1.45. The van der Waals surface area contributed by atoms with Crippen LogP contribution in [0, 0.1) is 12.3 Å². The topological polar surface area (TPSA) is 27.6 Å². The maximum absolute atomic E-state index is 4.76. The minimum Gasteiger partial charge on any atom is -0.331 e. The molecule has 0 unspecified atom stereocenters. The summed E-state index contributed by atoms with van der Waals surface area (Å²) in [6, 6.07) is 0. The van der Waals surface area contributed by atoms with Crippen molar-refractivity contribution >= 4 is 0 Å². The van der Waals surface area contributed by atoms with Crippen molar-refractivity contribution in [2.45, 2.75) is 0 Å². The first-order chi connectivity index (χ1) is 2.41. The van der Waals surface area contributed by atoms with Gasteiger partial charge in [0, 0.05) is 6.08 Å². The number of allylic oxidation sites excluding steroid dienone is 1. The van der Waals surface area contributed by atoms with E-state index < -0.39 is 0 Å². The van der Waals surface area contributed by atoms with Crippen molar-refractivity contribution in [3.8, 4) is 12.3 Å². The zero-order valence-electron chi connectivity index (χ0n) is 2.94. The Balaban J connectivity index is 3.04. The highest BCUT2D eigenvalue weighted by Crippen LogP contribution is 1.46. The van der Waals surface area contributed by atoms with E-state index in [1.165, 1.54) is 0 Å². The smallest absolute Gasteiger partial charge is 0.0993 e. The lowest BCUT2D eigenvalue weighted by atomic mass is 11.6. The van der Waals surface area contributed by atoms with Gasteiger partial charge in [0.1, 0.15) is 0 Å². The molecule has 0 atom stereocenters. The van der Waals surface area contributed by atoms with Crippen molar-refractivity contribution in [2.75, 3.05) is 0 Å². The summed E-state index contributed by atoms with van der Waals surface area (Å²) >= 11 is 0. The first-order valence-corrected chi connectivity index (χ1v) is 1.32. The van der Waals surface area contributed by atoms with Crippen LogP contribution in [0.1, 0.15) is 0 Å². The van der Waals surface area contributed by atoms with Crippen LogP contribution in [0.2, 0.25) is 0 Å². The molecule has 0 aliphatic carbocycles. The van der Waals surface area contributed by atoms with Crippen LogP contribution in [0.5, 0.6) is 0 Å². The van der Waals surface area contributed by atoms with Gasteiger partial charge in [0.15, 0.2) is 0 Å². The Morgan fingerprint density at radius 3 is 2.40 bits per heavy atom. The minimum atomic E-state index is 1.54. The molecular formula is C4H6N+. The number of hydrogen-bond acceptors (Lipinski definition) is 0. The van der Waals surface area contributed by atoms with Crippen molar-refractivity contribution in [1.82, 2.24) is 0 Å². The molecule has 0 saturated carbocycles. The quantitative estimate of drug-likeness (QED) is 0.291. The maximum atomic E-state index is 4.76. The summed E-state index contributed by atoms with van der Waals surface area (Å²) in [6.07, 6.45) is 7.87. The molecule has 0 amide bonds. The van der Waals surface area contributed by atoms with E-state index in [9.17, 15) is 0 Å². The molecular weight excluding hydrogens is 66.0 g/mol. The molecule has 0 spiro atoms. The molecule has 1 nitrogen and oxygen atoms in total. The van der Waals surface area contributed by atoms with Gasteiger partial charge in [-0.05, 0) is 0 Å². The molecule has 5 heavy (non-hydrogen) atoms. The van der Waals surface area contributed by atoms with Crippen LogP contribution in [0.25, 0.3) is 0 Å². The van der Waals surface area contributed by atoms with E-state index in [4.69, 9.17) is 6.42 Å². The lowest BCUT2D eigenvalue weighted by molar-refractivity contribution is -0.274. The van der Waals surface area contributed by atoms with Crippen molar-refractivity contribution in [3.63, 3.8) is 0 Å². The third-order valence-corrected chi connectivity index (χ3v) is 0.214. The number of quaternary nitrogens is 1. The van der Waals surface area contributed by atoms with Crippen molar-refractivity contribution in [1.29, 1.82) is 0 Å². The summed E-state index contributed by atoms with van der Waals surface area (Å²) in [5, 5.41) is 0. The van der Waals surface area contributed by atoms with Gasteiger partial charge in [-0.1, -0.05) is 5.92 Å². The molecule has 0 rings (SSSR count). The third kappa shape index (κ3) is 3.26. The second-order valence-electron chi connectivity index (χ2n) is 0.569. The van der Waals surface area contributed by atoms with Gasteiger partial charge in [-0.3, -0.25) is 0 Å². The molecule has 0 aromatic rings. The second kappa shape index (κ2) is 3.26. The highest BCUT2D eigenvalue weighted by molar-refractivity contribution is 5.04. The number of terminal acetylenes is 1. The molecule has 0 fully saturated rings. The molecule has 0 radical (unpaired) electrons. The Labute approximate surface area is 31.5 Å². The Morgan fingerprint density at radius 2 is 2.40 bits per heavy atom. The Hall–Kier alpha value is -0.740. The number of hydrogen-bond donors (Lipinski definition) is 1. The monoisotopic (exact) mass is 72.1 g/mol. The van der Waals surface area contributed by atoms with Crippen LogP contribution < -0.4 is 5.73 Å². The van der Waals surface area contributed by atoms with Crippen LogP contribution in [-0.2, 0) is 0 Å². The summed E-state index contributed by atoms with van der Waals surface area (Å²) in [6.45, 7) is 0. The fourth-order valence-corrected chi connectivity index (χ4v) is 0.0680. The molecule has 0 aliphatic rings. The van der Waals surface area contributed by atoms with Gasteiger partial charge >= 0.3 is 0 Å². The average Bonchev–Trinajstić information content (AvgIpc) is 1.41. The summed E-state index contributed by atoms with van der Waals surface area (Å²) in [5.74, 6) is 2.27. The van der Waals surface area contributed by atoms with Gasteiger partial charge < -0.3 is 5.73 Å². The molecule has 1 heteroatoms. The molecule has 26 valence electrons. The van der Waals surface area contributed by atoms with E-state index >= 15 is 0 Å². The van der Waals surface area contributed by atoms with E-state index in [0.717, 1.165) is 0 Å². The van der Waals surface area contributed by atoms with Gasteiger partial charge in [0.05, 0.1) is 6.20 Å². The summed E-state index contributed by atoms with van der Waals surface area (Å²) in [4.78, 5) is 0. The lowest BCUT2D eigenvalue weighted by Crippen LogP contribution is -2.38. The maximum Gasteiger partial charge on any atom is 0.0993 e. The van der Waals surface area contributed by atoms with Crippen LogP contribution in [0.4, 0.5) is 0 Å². The molecule has 0 aromatic heterocycles. The average molecular weight is 72.1 g/mol. The van der Waals surface area contributed by atoms with E-state index in [1.54, 1.807) is 12.3 Å². The van der Waals surface area contributed by atoms with Crippen LogP contribution >= 0.6 is 0 Å². The second-order valence-corrected chi connectivity index (χ2v) is 0.569.